The molecule has 1 aliphatic heterocycles. The minimum Gasteiger partial charge on any atom is -0.395 e. The molecule has 3 heterocycles. The fourth-order valence-electron chi connectivity index (χ4n) is 4.51. The number of fused-ring (bicyclic) bond motifs is 1. The number of piperazine rings is 1. The number of benzene rings is 2. The lowest BCUT2D eigenvalue weighted by atomic mass is 10.0. The van der Waals surface area contributed by atoms with Crippen LogP contribution >= 0.6 is 11.6 Å². The lowest BCUT2D eigenvalue weighted by Crippen LogP contribution is -2.52. The van der Waals surface area contributed by atoms with E-state index in [0.29, 0.717) is 10.6 Å². The zero-order valence-electron chi connectivity index (χ0n) is 19.4. The van der Waals surface area contributed by atoms with E-state index in [0.717, 1.165) is 53.2 Å². The molecule has 2 aromatic heterocycles. The molecule has 8 heteroatoms. The monoisotopic (exact) mass is 491 g/mol. The predicted octanol–water partition coefficient (Wildman–Crippen LogP) is 5.03. The van der Waals surface area contributed by atoms with Crippen LogP contribution in [0.2, 0.25) is 5.02 Å². The summed E-state index contributed by atoms with van der Waals surface area (Å²) in [6.07, 6.45) is 3.48. The van der Waals surface area contributed by atoms with E-state index in [1.807, 2.05) is 49.5 Å². The molecule has 6 nitrogen and oxygen atoms in total. The molecule has 2 aromatic carbocycles. The summed E-state index contributed by atoms with van der Waals surface area (Å²) in [6.45, 7) is 4.39. The molecule has 4 aromatic rings. The van der Waals surface area contributed by atoms with Gasteiger partial charge in [-0.15, -0.1) is 0 Å². The topological polar surface area (TPSA) is 73.3 Å². The first-order valence-electron chi connectivity index (χ1n) is 11.7. The van der Waals surface area contributed by atoms with E-state index in [4.69, 9.17) is 11.6 Å². The van der Waals surface area contributed by atoms with E-state index in [2.05, 4.69) is 25.5 Å². The fraction of sp³-hybridized carbons (Fsp3) is 0.259. The van der Waals surface area contributed by atoms with E-state index in [1.165, 1.54) is 6.07 Å². The zero-order valence-corrected chi connectivity index (χ0v) is 20.1. The SMILES string of the molecule is C[C@@H](Nc1c(Cl)cnc2ccc(-c3ccc(N4CCN[C@H](CO)C4)nc3)cc12)c1ccccc1F. The van der Waals surface area contributed by atoms with Gasteiger partial charge in [0.1, 0.15) is 11.6 Å². The Morgan fingerprint density at radius 3 is 2.74 bits per heavy atom. The summed E-state index contributed by atoms with van der Waals surface area (Å²) >= 11 is 6.54. The number of anilines is 2. The summed E-state index contributed by atoms with van der Waals surface area (Å²) < 4.78 is 14.3. The largest absolute Gasteiger partial charge is 0.395 e. The smallest absolute Gasteiger partial charge is 0.128 e. The first kappa shape index (κ1) is 23.5. The van der Waals surface area contributed by atoms with Crippen molar-refractivity contribution in [2.45, 2.75) is 19.0 Å². The van der Waals surface area contributed by atoms with Gasteiger partial charge in [-0.2, -0.15) is 0 Å². The second-order valence-corrected chi connectivity index (χ2v) is 9.19. The maximum atomic E-state index is 14.3. The van der Waals surface area contributed by atoms with Crippen molar-refractivity contribution in [3.8, 4) is 11.1 Å². The van der Waals surface area contributed by atoms with Crippen LogP contribution in [0.15, 0.2) is 67.0 Å². The number of aliphatic hydroxyl groups is 1. The Hall–Kier alpha value is -3.26. The van der Waals surface area contributed by atoms with Crippen molar-refractivity contribution >= 4 is 34.0 Å². The highest BCUT2D eigenvalue weighted by Gasteiger charge is 2.20. The van der Waals surface area contributed by atoms with Gasteiger partial charge in [-0.05, 0) is 42.8 Å². The molecule has 0 radical (unpaired) electrons. The predicted molar refractivity (Wildman–Crippen MR) is 140 cm³/mol. The highest BCUT2D eigenvalue weighted by atomic mass is 35.5. The molecule has 0 aliphatic carbocycles. The van der Waals surface area contributed by atoms with Gasteiger partial charge in [0.05, 0.1) is 28.9 Å². The molecule has 180 valence electrons. The van der Waals surface area contributed by atoms with Crippen LogP contribution in [-0.2, 0) is 0 Å². The number of halogens is 2. The Bertz CT molecular complexity index is 1330. The van der Waals surface area contributed by atoms with E-state index in [-0.39, 0.29) is 24.5 Å². The zero-order chi connectivity index (χ0) is 24.4. The summed E-state index contributed by atoms with van der Waals surface area (Å²) in [7, 11) is 0. The van der Waals surface area contributed by atoms with Crippen LogP contribution in [-0.4, -0.2) is 47.4 Å². The summed E-state index contributed by atoms with van der Waals surface area (Å²) in [5, 5.41) is 17.5. The summed E-state index contributed by atoms with van der Waals surface area (Å²) in [5.41, 5.74) is 4.03. The summed E-state index contributed by atoms with van der Waals surface area (Å²) in [6, 6.07) is 16.6. The van der Waals surface area contributed by atoms with Gasteiger partial charge in [-0.25, -0.2) is 9.37 Å². The molecule has 2 atom stereocenters. The molecule has 35 heavy (non-hydrogen) atoms. The molecule has 3 N–H and O–H groups in total. The number of aromatic nitrogens is 2. The lowest BCUT2D eigenvalue weighted by Gasteiger charge is -2.33. The first-order valence-corrected chi connectivity index (χ1v) is 12.1. The van der Waals surface area contributed by atoms with Gasteiger partial charge in [0, 0.05) is 54.6 Å². The van der Waals surface area contributed by atoms with Gasteiger partial charge in [0.25, 0.3) is 0 Å². The van der Waals surface area contributed by atoms with Gasteiger partial charge >= 0.3 is 0 Å². The van der Waals surface area contributed by atoms with Crippen LogP contribution in [0.5, 0.6) is 0 Å². The molecule has 0 unspecified atom stereocenters. The number of aliphatic hydroxyl groups excluding tert-OH is 1. The average Bonchev–Trinajstić information content (AvgIpc) is 2.90. The van der Waals surface area contributed by atoms with Crippen LogP contribution in [0.4, 0.5) is 15.9 Å². The van der Waals surface area contributed by atoms with Crippen molar-refractivity contribution in [3.63, 3.8) is 0 Å². The molecule has 1 aliphatic rings. The van der Waals surface area contributed by atoms with Crippen LogP contribution in [0.25, 0.3) is 22.0 Å². The van der Waals surface area contributed by atoms with Gasteiger partial charge in [0.15, 0.2) is 0 Å². The number of nitrogens with one attached hydrogen (secondary N) is 2. The molecular formula is C27H27ClFN5O. The normalized spacial score (nSPS) is 16.9. The maximum Gasteiger partial charge on any atom is 0.128 e. The minimum absolute atomic E-state index is 0.0561. The van der Waals surface area contributed by atoms with Crippen LogP contribution < -0.4 is 15.5 Å². The van der Waals surface area contributed by atoms with Crippen molar-refractivity contribution in [2.75, 3.05) is 36.5 Å². The molecule has 0 bridgehead atoms. The highest BCUT2D eigenvalue weighted by molar-refractivity contribution is 6.34. The number of nitrogens with zero attached hydrogens (tertiary/aromatic N) is 3. The van der Waals surface area contributed by atoms with E-state index < -0.39 is 0 Å². The molecular weight excluding hydrogens is 465 g/mol. The second kappa shape index (κ2) is 10.2. The van der Waals surface area contributed by atoms with Crippen molar-refractivity contribution in [1.82, 2.24) is 15.3 Å². The lowest BCUT2D eigenvalue weighted by molar-refractivity contribution is 0.235. The summed E-state index contributed by atoms with van der Waals surface area (Å²) in [5.74, 6) is 0.629. The van der Waals surface area contributed by atoms with Crippen molar-refractivity contribution < 1.29 is 9.50 Å². The van der Waals surface area contributed by atoms with E-state index in [9.17, 15) is 9.50 Å². The Labute approximate surface area is 208 Å². The van der Waals surface area contributed by atoms with Crippen molar-refractivity contribution in [3.05, 3.63) is 83.4 Å². The van der Waals surface area contributed by atoms with Gasteiger partial charge in [-0.1, -0.05) is 35.9 Å². The minimum atomic E-state index is -0.286. The van der Waals surface area contributed by atoms with Crippen LogP contribution in [0, 0.1) is 5.82 Å². The van der Waals surface area contributed by atoms with Gasteiger partial charge in [0.2, 0.25) is 0 Å². The highest BCUT2D eigenvalue weighted by Crippen LogP contribution is 2.35. The van der Waals surface area contributed by atoms with Crippen LogP contribution in [0.1, 0.15) is 18.5 Å². The molecule has 0 spiro atoms. The maximum absolute atomic E-state index is 14.3. The van der Waals surface area contributed by atoms with Gasteiger partial charge < -0.3 is 20.6 Å². The third-order valence-electron chi connectivity index (χ3n) is 6.44. The second-order valence-electron chi connectivity index (χ2n) is 8.79. The first-order chi connectivity index (χ1) is 17.0. The molecule has 5 rings (SSSR count). The molecule has 0 saturated carbocycles. The van der Waals surface area contributed by atoms with Gasteiger partial charge in [-0.3, -0.25) is 4.98 Å². The molecule has 1 saturated heterocycles. The Morgan fingerprint density at radius 2 is 1.97 bits per heavy atom. The quantitative estimate of drug-likeness (QED) is 0.351. The van der Waals surface area contributed by atoms with E-state index >= 15 is 0 Å². The fourth-order valence-corrected chi connectivity index (χ4v) is 4.72. The number of pyridine rings is 2. The average molecular weight is 492 g/mol. The third-order valence-corrected chi connectivity index (χ3v) is 6.72. The number of hydrogen-bond donors (Lipinski definition) is 3. The van der Waals surface area contributed by atoms with Crippen molar-refractivity contribution in [2.24, 2.45) is 0 Å². The number of hydrogen-bond acceptors (Lipinski definition) is 6. The van der Waals surface area contributed by atoms with E-state index in [1.54, 1.807) is 18.3 Å². The number of rotatable bonds is 6. The Morgan fingerprint density at radius 1 is 1.14 bits per heavy atom. The Balaban J connectivity index is 1.44. The molecule has 1 fully saturated rings. The van der Waals surface area contributed by atoms with Crippen molar-refractivity contribution in [1.29, 1.82) is 0 Å². The van der Waals surface area contributed by atoms with Crippen LogP contribution in [0.3, 0.4) is 0 Å². The third kappa shape index (κ3) is 4.93. The summed E-state index contributed by atoms with van der Waals surface area (Å²) in [4.78, 5) is 11.3. The standard InChI is InChI=1S/C27H27ClFN5O/c1-17(21-4-2-3-5-24(21)29)33-27-22-12-18(6-8-25(22)31-14-23(27)28)19-7-9-26(32-13-19)34-11-10-30-20(15-34)16-35/h2-9,12-14,17,20,30,35H,10-11,15-16H2,1H3,(H,31,33)/t17-,20+/m1/s1. The molecule has 0 amide bonds. The Kier molecular flexibility index (Phi) is 6.81.